The third kappa shape index (κ3) is 3.01. The summed E-state index contributed by atoms with van der Waals surface area (Å²) in [6.07, 6.45) is 8.64. The SMILES string of the molecule is CCCCC1(CNC)CCC2(CC1)OCCO2. The van der Waals surface area contributed by atoms with E-state index < -0.39 is 0 Å². The van der Waals surface area contributed by atoms with Crippen LogP contribution >= 0.6 is 0 Å². The van der Waals surface area contributed by atoms with Crippen molar-refractivity contribution in [3.8, 4) is 0 Å². The maximum Gasteiger partial charge on any atom is 0.168 e. The van der Waals surface area contributed by atoms with Crippen LogP contribution in [-0.4, -0.2) is 32.6 Å². The average molecular weight is 241 g/mol. The number of hydrogen-bond acceptors (Lipinski definition) is 3. The second-order valence-electron chi connectivity index (χ2n) is 5.74. The van der Waals surface area contributed by atoms with Crippen molar-refractivity contribution in [2.75, 3.05) is 26.8 Å². The minimum Gasteiger partial charge on any atom is -0.348 e. The first-order valence-corrected chi connectivity index (χ1v) is 7.17. The Kier molecular flexibility index (Phi) is 4.45. The van der Waals surface area contributed by atoms with Gasteiger partial charge in [0, 0.05) is 19.4 Å². The van der Waals surface area contributed by atoms with Gasteiger partial charge in [-0.25, -0.2) is 0 Å². The lowest BCUT2D eigenvalue weighted by atomic mass is 9.69. The number of rotatable bonds is 5. The molecule has 1 spiro atoms. The number of ether oxygens (including phenoxy) is 2. The van der Waals surface area contributed by atoms with E-state index in [1.165, 1.54) is 32.1 Å². The number of hydrogen-bond donors (Lipinski definition) is 1. The van der Waals surface area contributed by atoms with Crippen LogP contribution in [0.2, 0.25) is 0 Å². The molecule has 0 amide bonds. The highest BCUT2D eigenvalue weighted by molar-refractivity contribution is 4.92. The molecule has 0 radical (unpaired) electrons. The summed E-state index contributed by atoms with van der Waals surface area (Å²) in [4.78, 5) is 0. The van der Waals surface area contributed by atoms with Crippen LogP contribution in [0, 0.1) is 5.41 Å². The second-order valence-corrected chi connectivity index (χ2v) is 5.74. The first kappa shape index (κ1) is 13.3. The predicted molar refractivity (Wildman–Crippen MR) is 69.0 cm³/mol. The Morgan fingerprint density at radius 1 is 1.06 bits per heavy atom. The minimum atomic E-state index is -0.205. The molecule has 0 bridgehead atoms. The predicted octanol–water partition coefficient (Wildman–Crippen LogP) is 2.70. The molecule has 1 saturated carbocycles. The molecule has 1 aliphatic heterocycles. The van der Waals surface area contributed by atoms with E-state index in [-0.39, 0.29) is 5.79 Å². The summed E-state index contributed by atoms with van der Waals surface area (Å²) >= 11 is 0. The molecular formula is C14H27NO2. The van der Waals surface area contributed by atoms with Crippen molar-refractivity contribution in [3.63, 3.8) is 0 Å². The standard InChI is InChI=1S/C14H27NO2/c1-3-4-5-13(12-15-2)6-8-14(9-7-13)16-10-11-17-14/h15H,3-12H2,1-2H3. The maximum atomic E-state index is 5.81. The van der Waals surface area contributed by atoms with Crippen LogP contribution in [-0.2, 0) is 9.47 Å². The van der Waals surface area contributed by atoms with Crippen molar-refractivity contribution in [3.05, 3.63) is 0 Å². The molecular weight excluding hydrogens is 214 g/mol. The van der Waals surface area contributed by atoms with Gasteiger partial charge in [-0.15, -0.1) is 0 Å². The quantitative estimate of drug-likeness (QED) is 0.803. The minimum absolute atomic E-state index is 0.205. The van der Waals surface area contributed by atoms with Crippen LogP contribution in [0.3, 0.4) is 0 Å². The molecule has 17 heavy (non-hydrogen) atoms. The van der Waals surface area contributed by atoms with E-state index in [0.29, 0.717) is 5.41 Å². The molecule has 2 fully saturated rings. The highest BCUT2D eigenvalue weighted by Gasteiger charge is 2.45. The average Bonchev–Trinajstić information content (AvgIpc) is 2.80. The van der Waals surface area contributed by atoms with E-state index in [1.807, 2.05) is 0 Å². The van der Waals surface area contributed by atoms with E-state index in [2.05, 4.69) is 19.3 Å². The van der Waals surface area contributed by atoms with E-state index in [0.717, 1.165) is 32.6 Å². The van der Waals surface area contributed by atoms with Crippen molar-refractivity contribution in [2.45, 2.75) is 57.7 Å². The van der Waals surface area contributed by atoms with Gasteiger partial charge in [0.15, 0.2) is 5.79 Å². The maximum absolute atomic E-state index is 5.81. The van der Waals surface area contributed by atoms with Gasteiger partial charge in [0.2, 0.25) is 0 Å². The summed E-state index contributed by atoms with van der Waals surface area (Å²) in [5.74, 6) is -0.205. The van der Waals surface area contributed by atoms with Gasteiger partial charge in [0.25, 0.3) is 0 Å². The van der Waals surface area contributed by atoms with E-state index >= 15 is 0 Å². The largest absolute Gasteiger partial charge is 0.348 e. The monoisotopic (exact) mass is 241 g/mol. The lowest BCUT2D eigenvalue weighted by Gasteiger charge is -2.44. The molecule has 100 valence electrons. The summed E-state index contributed by atoms with van der Waals surface area (Å²) in [7, 11) is 2.07. The van der Waals surface area contributed by atoms with Gasteiger partial charge in [-0.1, -0.05) is 19.8 Å². The molecule has 1 aliphatic carbocycles. The molecule has 0 unspecified atom stereocenters. The van der Waals surface area contributed by atoms with E-state index in [1.54, 1.807) is 0 Å². The van der Waals surface area contributed by atoms with E-state index in [4.69, 9.17) is 9.47 Å². The Morgan fingerprint density at radius 2 is 1.71 bits per heavy atom. The molecule has 2 rings (SSSR count). The molecule has 0 aromatic carbocycles. The van der Waals surface area contributed by atoms with Crippen molar-refractivity contribution in [1.82, 2.24) is 5.32 Å². The first-order valence-electron chi connectivity index (χ1n) is 7.17. The third-order valence-electron chi connectivity index (χ3n) is 4.50. The molecule has 1 saturated heterocycles. The molecule has 0 atom stereocenters. The van der Waals surface area contributed by atoms with Crippen molar-refractivity contribution in [1.29, 1.82) is 0 Å². The molecule has 3 heteroatoms. The Hall–Kier alpha value is -0.120. The third-order valence-corrected chi connectivity index (χ3v) is 4.50. The van der Waals surface area contributed by atoms with Gasteiger partial charge < -0.3 is 14.8 Å². The Morgan fingerprint density at radius 3 is 2.24 bits per heavy atom. The summed E-state index contributed by atoms with van der Waals surface area (Å²) in [5.41, 5.74) is 0.491. The molecule has 1 N–H and O–H groups in total. The fraction of sp³-hybridized carbons (Fsp3) is 1.00. The fourth-order valence-corrected chi connectivity index (χ4v) is 3.39. The fourth-order valence-electron chi connectivity index (χ4n) is 3.39. The van der Waals surface area contributed by atoms with Gasteiger partial charge >= 0.3 is 0 Å². The molecule has 0 aromatic rings. The highest BCUT2D eigenvalue weighted by atomic mass is 16.7. The number of nitrogens with one attached hydrogen (secondary N) is 1. The summed E-state index contributed by atoms with van der Waals surface area (Å²) in [6, 6.07) is 0. The normalized spacial score (nSPS) is 26.5. The summed E-state index contributed by atoms with van der Waals surface area (Å²) in [5, 5.41) is 3.38. The van der Waals surface area contributed by atoms with Crippen LogP contribution < -0.4 is 5.32 Å². The lowest BCUT2D eigenvalue weighted by Crippen LogP contribution is -2.43. The zero-order valence-electron chi connectivity index (χ0n) is 11.4. The highest BCUT2D eigenvalue weighted by Crippen LogP contribution is 2.46. The van der Waals surface area contributed by atoms with Crippen molar-refractivity contribution >= 4 is 0 Å². The van der Waals surface area contributed by atoms with Gasteiger partial charge in [0.05, 0.1) is 13.2 Å². The van der Waals surface area contributed by atoms with Crippen LogP contribution in [0.1, 0.15) is 51.9 Å². The number of unbranched alkanes of at least 4 members (excludes halogenated alkanes) is 1. The van der Waals surface area contributed by atoms with E-state index in [9.17, 15) is 0 Å². The van der Waals surface area contributed by atoms with Crippen LogP contribution in [0.15, 0.2) is 0 Å². The molecule has 0 aromatic heterocycles. The summed E-state index contributed by atoms with van der Waals surface area (Å²) < 4.78 is 11.6. The summed E-state index contributed by atoms with van der Waals surface area (Å²) in [6.45, 7) is 4.99. The molecule has 3 nitrogen and oxygen atoms in total. The first-order chi connectivity index (χ1) is 8.24. The Balaban J connectivity index is 1.92. The van der Waals surface area contributed by atoms with Gasteiger partial charge in [-0.3, -0.25) is 0 Å². The zero-order chi connectivity index (χ0) is 12.2. The molecule has 1 heterocycles. The van der Waals surface area contributed by atoms with Gasteiger partial charge in [0.1, 0.15) is 0 Å². The van der Waals surface area contributed by atoms with Gasteiger partial charge in [-0.2, -0.15) is 0 Å². The van der Waals surface area contributed by atoms with Crippen molar-refractivity contribution < 1.29 is 9.47 Å². The topological polar surface area (TPSA) is 30.5 Å². The van der Waals surface area contributed by atoms with Gasteiger partial charge in [-0.05, 0) is 31.7 Å². The van der Waals surface area contributed by atoms with Crippen molar-refractivity contribution in [2.24, 2.45) is 5.41 Å². The van der Waals surface area contributed by atoms with Crippen LogP contribution in [0.5, 0.6) is 0 Å². The Bertz CT molecular complexity index is 226. The molecule has 2 aliphatic rings. The lowest BCUT2D eigenvalue weighted by molar-refractivity contribution is -0.192. The van der Waals surface area contributed by atoms with Crippen LogP contribution in [0.25, 0.3) is 0 Å². The van der Waals surface area contributed by atoms with Crippen LogP contribution in [0.4, 0.5) is 0 Å². The smallest absolute Gasteiger partial charge is 0.168 e. The zero-order valence-corrected chi connectivity index (χ0v) is 11.4. The second kappa shape index (κ2) is 5.68. The Labute approximate surface area is 105 Å².